The standard InChI is InChI=1S/C19H23F3N2O2/c1-13-11-15-16(3-2-4-17(15)24(13)12-19(20,21)22)23-14-5-7-18(8-6-14)25-9-10-26-18/h2-4,11,14,23H,5-10,12H2,1H3. The summed E-state index contributed by atoms with van der Waals surface area (Å²) in [7, 11) is 0. The number of nitrogens with zero attached hydrogens (tertiary/aromatic N) is 1. The molecule has 7 heteroatoms. The molecule has 1 aromatic carbocycles. The van der Waals surface area contributed by atoms with Crippen LogP contribution in [0.1, 0.15) is 31.4 Å². The van der Waals surface area contributed by atoms with Crippen LogP contribution < -0.4 is 5.32 Å². The molecule has 0 amide bonds. The van der Waals surface area contributed by atoms with Crippen LogP contribution in [0.5, 0.6) is 0 Å². The van der Waals surface area contributed by atoms with Gasteiger partial charge in [0.15, 0.2) is 5.79 Å². The molecule has 142 valence electrons. The van der Waals surface area contributed by atoms with Crippen molar-refractivity contribution in [2.45, 2.75) is 57.2 Å². The number of halogens is 3. The van der Waals surface area contributed by atoms with E-state index in [2.05, 4.69) is 5.32 Å². The summed E-state index contributed by atoms with van der Waals surface area (Å²) in [6, 6.07) is 7.59. The summed E-state index contributed by atoms with van der Waals surface area (Å²) in [6.45, 7) is 2.06. The molecule has 2 aliphatic rings. The zero-order valence-corrected chi connectivity index (χ0v) is 14.7. The van der Waals surface area contributed by atoms with Crippen LogP contribution in [0, 0.1) is 6.92 Å². The Morgan fingerprint density at radius 1 is 1.19 bits per heavy atom. The fourth-order valence-corrected chi connectivity index (χ4v) is 4.14. The highest BCUT2D eigenvalue weighted by Crippen LogP contribution is 2.38. The molecule has 1 aliphatic carbocycles. The molecule has 1 aromatic heterocycles. The minimum atomic E-state index is -4.24. The Balaban J connectivity index is 1.53. The predicted octanol–water partition coefficient (Wildman–Crippen LogP) is 4.61. The SMILES string of the molecule is Cc1cc2c(NC3CCC4(CC3)OCCO4)cccc2n1CC(F)(F)F. The van der Waals surface area contributed by atoms with Crippen molar-refractivity contribution in [1.82, 2.24) is 4.57 Å². The van der Waals surface area contributed by atoms with Gasteiger partial charge in [-0.25, -0.2) is 0 Å². The van der Waals surface area contributed by atoms with Crippen molar-refractivity contribution in [3.63, 3.8) is 0 Å². The Kier molecular flexibility index (Phi) is 4.39. The first kappa shape index (κ1) is 17.7. The van der Waals surface area contributed by atoms with Crippen molar-refractivity contribution in [3.8, 4) is 0 Å². The van der Waals surface area contributed by atoms with Gasteiger partial charge in [-0.2, -0.15) is 13.2 Å². The average molecular weight is 368 g/mol. The van der Waals surface area contributed by atoms with Gasteiger partial charge in [0.2, 0.25) is 0 Å². The Morgan fingerprint density at radius 3 is 2.54 bits per heavy atom. The lowest BCUT2D eigenvalue weighted by Crippen LogP contribution is -2.39. The second kappa shape index (κ2) is 6.46. The molecule has 0 atom stereocenters. The Bertz CT molecular complexity index is 784. The predicted molar refractivity (Wildman–Crippen MR) is 93.2 cm³/mol. The van der Waals surface area contributed by atoms with Gasteiger partial charge in [-0.05, 0) is 38.0 Å². The van der Waals surface area contributed by atoms with E-state index in [1.807, 2.05) is 18.2 Å². The summed E-state index contributed by atoms with van der Waals surface area (Å²) in [5.74, 6) is -0.406. The Labute approximate surface area is 150 Å². The lowest BCUT2D eigenvalue weighted by atomic mass is 9.90. The minimum absolute atomic E-state index is 0.269. The van der Waals surface area contributed by atoms with Gasteiger partial charge in [0, 0.05) is 35.7 Å². The molecule has 1 aliphatic heterocycles. The van der Waals surface area contributed by atoms with E-state index in [9.17, 15) is 13.2 Å². The molecule has 0 radical (unpaired) electrons. The Hall–Kier alpha value is -1.73. The number of alkyl halides is 3. The minimum Gasteiger partial charge on any atom is -0.382 e. The number of hydrogen-bond acceptors (Lipinski definition) is 3. The molecule has 4 nitrogen and oxygen atoms in total. The number of hydrogen-bond donors (Lipinski definition) is 1. The summed E-state index contributed by atoms with van der Waals surface area (Å²) in [5.41, 5.74) is 2.11. The van der Waals surface area contributed by atoms with Crippen LogP contribution in [0.15, 0.2) is 24.3 Å². The molecule has 2 heterocycles. The molecule has 2 fully saturated rings. The summed E-state index contributed by atoms with van der Waals surface area (Å²) in [5, 5.41) is 4.36. The average Bonchev–Trinajstić information content (AvgIpc) is 3.15. The first-order valence-corrected chi connectivity index (χ1v) is 9.05. The van der Waals surface area contributed by atoms with Crippen LogP contribution in [0.4, 0.5) is 18.9 Å². The van der Waals surface area contributed by atoms with Gasteiger partial charge in [0.1, 0.15) is 6.54 Å². The van der Waals surface area contributed by atoms with Crippen LogP contribution >= 0.6 is 0 Å². The van der Waals surface area contributed by atoms with E-state index < -0.39 is 18.5 Å². The van der Waals surface area contributed by atoms with Crippen molar-refractivity contribution in [2.24, 2.45) is 0 Å². The van der Waals surface area contributed by atoms with Crippen molar-refractivity contribution in [1.29, 1.82) is 0 Å². The molecule has 0 unspecified atom stereocenters. The topological polar surface area (TPSA) is 35.4 Å². The van der Waals surface area contributed by atoms with Crippen LogP contribution in [-0.2, 0) is 16.0 Å². The molecule has 4 rings (SSSR count). The zero-order chi connectivity index (χ0) is 18.4. The molecule has 1 spiro atoms. The van der Waals surface area contributed by atoms with Crippen molar-refractivity contribution < 1.29 is 22.6 Å². The van der Waals surface area contributed by atoms with E-state index in [1.54, 1.807) is 13.0 Å². The maximum Gasteiger partial charge on any atom is 0.406 e. The molecular formula is C19H23F3N2O2. The highest BCUT2D eigenvalue weighted by atomic mass is 19.4. The van der Waals surface area contributed by atoms with Gasteiger partial charge < -0.3 is 19.4 Å². The highest BCUT2D eigenvalue weighted by Gasteiger charge is 2.40. The van der Waals surface area contributed by atoms with E-state index in [0.29, 0.717) is 24.4 Å². The molecule has 2 aromatic rings. The third-order valence-electron chi connectivity index (χ3n) is 5.41. The van der Waals surface area contributed by atoms with Gasteiger partial charge in [-0.3, -0.25) is 0 Å². The van der Waals surface area contributed by atoms with E-state index in [1.165, 1.54) is 4.57 Å². The maximum atomic E-state index is 12.9. The van der Waals surface area contributed by atoms with Crippen LogP contribution in [-0.4, -0.2) is 35.8 Å². The third-order valence-corrected chi connectivity index (χ3v) is 5.41. The Morgan fingerprint density at radius 2 is 1.88 bits per heavy atom. The number of benzene rings is 1. The molecule has 1 saturated carbocycles. The van der Waals surface area contributed by atoms with Crippen molar-refractivity contribution >= 4 is 16.6 Å². The first-order chi connectivity index (χ1) is 12.4. The number of ether oxygens (including phenoxy) is 2. The van der Waals surface area contributed by atoms with Gasteiger partial charge in [-0.15, -0.1) is 0 Å². The van der Waals surface area contributed by atoms with Gasteiger partial charge in [-0.1, -0.05) is 6.07 Å². The number of aryl methyl sites for hydroxylation is 1. The van der Waals surface area contributed by atoms with E-state index in [0.717, 1.165) is 36.8 Å². The number of aromatic nitrogens is 1. The fraction of sp³-hybridized carbons (Fsp3) is 0.579. The summed E-state index contributed by atoms with van der Waals surface area (Å²) in [4.78, 5) is 0. The molecule has 1 saturated heterocycles. The maximum absolute atomic E-state index is 12.9. The van der Waals surface area contributed by atoms with Gasteiger partial charge in [0.25, 0.3) is 0 Å². The molecule has 0 bridgehead atoms. The van der Waals surface area contributed by atoms with Crippen molar-refractivity contribution in [2.75, 3.05) is 18.5 Å². The van der Waals surface area contributed by atoms with E-state index >= 15 is 0 Å². The van der Waals surface area contributed by atoms with Gasteiger partial charge in [0.05, 0.1) is 18.7 Å². The number of anilines is 1. The lowest BCUT2D eigenvalue weighted by Gasteiger charge is -2.36. The highest BCUT2D eigenvalue weighted by molar-refractivity contribution is 5.93. The number of rotatable bonds is 3. The summed E-state index contributed by atoms with van der Waals surface area (Å²) in [6.07, 6.45) is -0.722. The van der Waals surface area contributed by atoms with Gasteiger partial charge >= 0.3 is 6.18 Å². The first-order valence-electron chi connectivity index (χ1n) is 9.05. The molecule has 26 heavy (non-hydrogen) atoms. The fourth-order valence-electron chi connectivity index (χ4n) is 4.14. The quantitative estimate of drug-likeness (QED) is 0.859. The normalized spacial score (nSPS) is 20.9. The largest absolute Gasteiger partial charge is 0.406 e. The van der Waals surface area contributed by atoms with Crippen LogP contribution in [0.3, 0.4) is 0 Å². The lowest BCUT2D eigenvalue weighted by molar-refractivity contribution is -0.177. The third kappa shape index (κ3) is 3.42. The number of nitrogens with one attached hydrogen (secondary N) is 1. The summed E-state index contributed by atoms with van der Waals surface area (Å²) < 4.78 is 51.5. The van der Waals surface area contributed by atoms with Crippen LogP contribution in [0.2, 0.25) is 0 Å². The molecule has 1 N–H and O–H groups in total. The van der Waals surface area contributed by atoms with Crippen molar-refractivity contribution in [3.05, 3.63) is 30.0 Å². The second-order valence-corrected chi connectivity index (χ2v) is 7.25. The monoisotopic (exact) mass is 368 g/mol. The van der Waals surface area contributed by atoms with E-state index in [-0.39, 0.29) is 6.04 Å². The second-order valence-electron chi connectivity index (χ2n) is 7.25. The van der Waals surface area contributed by atoms with E-state index in [4.69, 9.17) is 9.47 Å². The smallest absolute Gasteiger partial charge is 0.382 e. The van der Waals surface area contributed by atoms with Crippen LogP contribution in [0.25, 0.3) is 10.9 Å². The zero-order valence-electron chi connectivity index (χ0n) is 14.7. The number of fused-ring (bicyclic) bond motifs is 1. The molecular weight excluding hydrogens is 345 g/mol. The summed E-state index contributed by atoms with van der Waals surface area (Å²) >= 11 is 0.